The zero-order valence-electron chi connectivity index (χ0n) is 11.3. The van der Waals surface area contributed by atoms with E-state index in [1.54, 1.807) is 24.5 Å². The Labute approximate surface area is 125 Å². The fraction of sp³-hybridized carbons (Fsp3) is 0.0625. The first-order valence-electron chi connectivity index (χ1n) is 6.35. The van der Waals surface area contributed by atoms with Crippen LogP contribution in [0.4, 0.5) is 0 Å². The van der Waals surface area contributed by atoms with Gasteiger partial charge in [0.2, 0.25) is 0 Å². The highest BCUT2D eigenvalue weighted by atomic mass is 32.1. The van der Waals surface area contributed by atoms with E-state index in [9.17, 15) is 9.90 Å². The van der Waals surface area contributed by atoms with Crippen LogP contribution in [-0.2, 0) is 0 Å². The maximum absolute atomic E-state index is 11.5. The van der Waals surface area contributed by atoms with Crippen LogP contribution in [0.15, 0.2) is 48.1 Å². The molecule has 0 radical (unpaired) electrons. The van der Waals surface area contributed by atoms with Gasteiger partial charge in [-0.05, 0) is 37.3 Å². The van der Waals surface area contributed by atoms with Crippen LogP contribution in [0.2, 0.25) is 0 Å². The van der Waals surface area contributed by atoms with Gasteiger partial charge in [0.15, 0.2) is 5.78 Å². The van der Waals surface area contributed by atoms with Gasteiger partial charge in [0.25, 0.3) is 0 Å². The van der Waals surface area contributed by atoms with Crippen LogP contribution in [-0.4, -0.2) is 20.9 Å². The number of ketones is 1. The number of phenols is 1. The summed E-state index contributed by atoms with van der Waals surface area (Å²) < 4.78 is 0. The summed E-state index contributed by atoms with van der Waals surface area (Å²) in [6, 6.07) is 8.76. The Hall–Kier alpha value is -2.53. The maximum Gasteiger partial charge on any atom is 0.163 e. The maximum atomic E-state index is 11.5. The van der Waals surface area contributed by atoms with Crippen LogP contribution in [0, 0.1) is 0 Å². The zero-order chi connectivity index (χ0) is 14.8. The zero-order valence-corrected chi connectivity index (χ0v) is 12.1. The lowest BCUT2D eigenvalue weighted by atomic mass is 10.1. The van der Waals surface area contributed by atoms with Crippen molar-refractivity contribution < 1.29 is 9.90 Å². The van der Waals surface area contributed by atoms with Crippen molar-refractivity contribution in [3.63, 3.8) is 0 Å². The molecular weight excluding hydrogens is 284 g/mol. The molecule has 2 aromatic heterocycles. The number of benzene rings is 1. The second-order valence-corrected chi connectivity index (χ2v) is 5.43. The molecule has 1 N–H and O–H groups in total. The van der Waals surface area contributed by atoms with Crippen molar-refractivity contribution in [3.05, 3.63) is 53.7 Å². The molecule has 0 fully saturated rings. The minimum atomic E-state index is -0.169. The first kappa shape index (κ1) is 13.5. The Kier molecular flexibility index (Phi) is 3.50. The first-order valence-corrected chi connectivity index (χ1v) is 7.23. The lowest BCUT2D eigenvalue weighted by Crippen LogP contribution is -1.93. The molecule has 0 saturated carbocycles. The summed E-state index contributed by atoms with van der Waals surface area (Å²) in [4.78, 5) is 20.1. The standard InChI is InChI=1S/C16H12N2O2S/c1-10(19)13-7-11(4-5-15(13)20)14-9-21-16(18-14)12-3-2-6-17-8-12/h2-9,20H,1H3. The number of hydrogen-bond acceptors (Lipinski definition) is 5. The normalized spacial score (nSPS) is 10.5. The van der Waals surface area contributed by atoms with E-state index in [4.69, 9.17) is 0 Å². The van der Waals surface area contributed by atoms with Gasteiger partial charge in [-0.15, -0.1) is 11.3 Å². The second kappa shape index (κ2) is 5.46. The molecule has 3 rings (SSSR count). The third-order valence-electron chi connectivity index (χ3n) is 3.08. The number of hydrogen-bond donors (Lipinski definition) is 1. The van der Waals surface area contributed by atoms with Gasteiger partial charge in [-0.2, -0.15) is 0 Å². The SMILES string of the molecule is CC(=O)c1cc(-c2csc(-c3cccnc3)n2)ccc1O. The summed E-state index contributed by atoms with van der Waals surface area (Å²) in [5.41, 5.74) is 2.86. The molecule has 0 spiro atoms. The Morgan fingerprint density at radius 3 is 2.81 bits per heavy atom. The van der Waals surface area contributed by atoms with E-state index in [1.807, 2.05) is 17.5 Å². The number of pyridine rings is 1. The van der Waals surface area contributed by atoms with Crippen molar-refractivity contribution in [2.75, 3.05) is 0 Å². The number of nitrogens with zero attached hydrogens (tertiary/aromatic N) is 2. The number of aromatic nitrogens is 2. The molecule has 0 saturated heterocycles. The lowest BCUT2D eigenvalue weighted by molar-refractivity contribution is 0.101. The van der Waals surface area contributed by atoms with E-state index in [0.29, 0.717) is 5.56 Å². The summed E-state index contributed by atoms with van der Waals surface area (Å²) in [7, 11) is 0. The van der Waals surface area contributed by atoms with E-state index in [-0.39, 0.29) is 11.5 Å². The lowest BCUT2D eigenvalue weighted by Gasteiger charge is -2.03. The largest absolute Gasteiger partial charge is 0.507 e. The topological polar surface area (TPSA) is 63.1 Å². The molecule has 4 nitrogen and oxygen atoms in total. The molecule has 2 heterocycles. The number of aromatic hydroxyl groups is 1. The van der Waals surface area contributed by atoms with Gasteiger partial charge < -0.3 is 5.11 Å². The van der Waals surface area contributed by atoms with Crippen molar-refractivity contribution in [1.82, 2.24) is 9.97 Å². The number of rotatable bonds is 3. The number of thiazole rings is 1. The minimum absolute atomic E-state index is 0.00559. The average molecular weight is 296 g/mol. The Morgan fingerprint density at radius 1 is 1.24 bits per heavy atom. The van der Waals surface area contributed by atoms with Crippen LogP contribution in [0.5, 0.6) is 5.75 Å². The number of phenolic OH excluding ortho intramolecular Hbond substituents is 1. The van der Waals surface area contributed by atoms with Gasteiger partial charge in [0, 0.05) is 28.9 Å². The number of carbonyl (C=O) groups excluding carboxylic acids is 1. The molecule has 0 aliphatic carbocycles. The van der Waals surface area contributed by atoms with Crippen LogP contribution >= 0.6 is 11.3 Å². The predicted octanol–water partition coefficient (Wildman–Crippen LogP) is 3.78. The molecule has 5 heteroatoms. The molecular formula is C16H12N2O2S. The smallest absolute Gasteiger partial charge is 0.163 e. The fourth-order valence-corrected chi connectivity index (χ4v) is 2.83. The summed E-state index contributed by atoms with van der Waals surface area (Å²) in [5, 5.41) is 12.5. The highest BCUT2D eigenvalue weighted by Gasteiger charge is 2.11. The average Bonchev–Trinajstić information content (AvgIpc) is 2.98. The molecule has 0 amide bonds. The summed E-state index contributed by atoms with van der Waals surface area (Å²) in [6.45, 7) is 1.43. The fourth-order valence-electron chi connectivity index (χ4n) is 2.01. The summed E-state index contributed by atoms with van der Waals surface area (Å²) in [6.07, 6.45) is 3.48. The van der Waals surface area contributed by atoms with Crippen molar-refractivity contribution in [2.45, 2.75) is 6.92 Å². The highest BCUT2D eigenvalue weighted by Crippen LogP contribution is 2.30. The third-order valence-corrected chi connectivity index (χ3v) is 3.98. The van der Waals surface area contributed by atoms with Crippen molar-refractivity contribution in [3.8, 4) is 27.6 Å². The molecule has 1 aromatic carbocycles. The van der Waals surface area contributed by atoms with Gasteiger partial charge in [-0.3, -0.25) is 9.78 Å². The van der Waals surface area contributed by atoms with E-state index < -0.39 is 0 Å². The van der Waals surface area contributed by atoms with E-state index in [0.717, 1.165) is 21.8 Å². The molecule has 0 aliphatic heterocycles. The van der Waals surface area contributed by atoms with Gasteiger partial charge in [0.05, 0.1) is 11.3 Å². The minimum Gasteiger partial charge on any atom is -0.507 e. The molecule has 3 aromatic rings. The second-order valence-electron chi connectivity index (χ2n) is 4.57. The van der Waals surface area contributed by atoms with Gasteiger partial charge in [-0.25, -0.2) is 4.98 Å². The van der Waals surface area contributed by atoms with Crippen LogP contribution in [0.1, 0.15) is 17.3 Å². The van der Waals surface area contributed by atoms with Gasteiger partial charge >= 0.3 is 0 Å². The van der Waals surface area contributed by atoms with Gasteiger partial charge in [0.1, 0.15) is 10.8 Å². The monoisotopic (exact) mass is 296 g/mol. The highest BCUT2D eigenvalue weighted by molar-refractivity contribution is 7.13. The van der Waals surface area contributed by atoms with Crippen LogP contribution in [0.25, 0.3) is 21.8 Å². The third kappa shape index (κ3) is 2.68. The summed E-state index contributed by atoms with van der Waals surface area (Å²) in [5.74, 6) is -0.175. The van der Waals surface area contributed by atoms with E-state index >= 15 is 0 Å². The Morgan fingerprint density at radius 2 is 2.10 bits per heavy atom. The predicted molar refractivity (Wildman–Crippen MR) is 82.5 cm³/mol. The molecule has 0 atom stereocenters. The van der Waals surface area contributed by atoms with Crippen molar-refractivity contribution in [2.24, 2.45) is 0 Å². The molecule has 0 aliphatic rings. The summed E-state index contributed by atoms with van der Waals surface area (Å²) >= 11 is 1.52. The molecule has 0 bridgehead atoms. The number of Topliss-reactive ketones (excluding diaryl/α,β-unsaturated/α-hetero) is 1. The molecule has 21 heavy (non-hydrogen) atoms. The molecule has 104 valence electrons. The van der Waals surface area contributed by atoms with Crippen molar-refractivity contribution >= 4 is 17.1 Å². The van der Waals surface area contributed by atoms with Crippen LogP contribution < -0.4 is 0 Å². The Bertz CT molecular complexity index is 797. The van der Waals surface area contributed by atoms with Crippen LogP contribution in [0.3, 0.4) is 0 Å². The first-order chi connectivity index (χ1) is 10.1. The van der Waals surface area contributed by atoms with Crippen molar-refractivity contribution in [1.29, 1.82) is 0 Å². The van der Waals surface area contributed by atoms with E-state index in [1.165, 1.54) is 24.3 Å². The van der Waals surface area contributed by atoms with Gasteiger partial charge in [-0.1, -0.05) is 0 Å². The number of carbonyl (C=O) groups is 1. The molecule has 0 unspecified atom stereocenters. The quantitative estimate of drug-likeness (QED) is 0.747. The van der Waals surface area contributed by atoms with E-state index in [2.05, 4.69) is 9.97 Å². The Balaban J connectivity index is 2.01.